The molecule has 0 aliphatic heterocycles. The number of benzene rings is 1. The molecule has 0 N–H and O–H groups in total. The highest BCUT2D eigenvalue weighted by molar-refractivity contribution is 5.97. The number of ketones is 2. The molecular formula is C16H22O2. The fourth-order valence-corrected chi connectivity index (χ4v) is 1.93. The largest absolute Gasteiger partial charge is 0.300 e. The van der Waals surface area contributed by atoms with Crippen molar-refractivity contribution in [2.45, 2.75) is 52.9 Å². The van der Waals surface area contributed by atoms with Gasteiger partial charge in [0.2, 0.25) is 0 Å². The molecule has 0 fully saturated rings. The standard InChI is InChI=1S/C16H22O2/c1-11(2)14-9-8-12(3)15(10-14)16(18)7-5-6-13(4)17/h8-11H,5-7H2,1-4H3. The second kappa shape index (κ2) is 6.48. The molecule has 0 saturated heterocycles. The van der Waals surface area contributed by atoms with E-state index in [4.69, 9.17) is 0 Å². The summed E-state index contributed by atoms with van der Waals surface area (Å²) in [5, 5.41) is 0. The molecule has 0 spiro atoms. The van der Waals surface area contributed by atoms with Gasteiger partial charge in [0.15, 0.2) is 5.78 Å². The predicted octanol–water partition coefficient (Wildman–Crippen LogP) is 4.06. The minimum atomic E-state index is 0.149. The van der Waals surface area contributed by atoms with Crippen LogP contribution in [0.25, 0.3) is 0 Å². The van der Waals surface area contributed by atoms with Crippen LogP contribution in [0.3, 0.4) is 0 Å². The van der Waals surface area contributed by atoms with Crippen LogP contribution in [0.5, 0.6) is 0 Å². The molecule has 2 heteroatoms. The third-order valence-electron chi connectivity index (χ3n) is 3.16. The molecule has 0 heterocycles. The Morgan fingerprint density at radius 3 is 2.39 bits per heavy atom. The van der Waals surface area contributed by atoms with Gasteiger partial charge in [-0.1, -0.05) is 26.0 Å². The fraction of sp³-hybridized carbons (Fsp3) is 0.500. The van der Waals surface area contributed by atoms with E-state index in [1.807, 2.05) is 19.1 Å². The van der Waals surface area contributed by atoms with Crippen molar-refractivity contribution in [3.8, 4) is 0 Å². The van der Waals surface area contributed by atoms with Crippen molar-refractivity contribution < 1.29 is 9.59 Å². The van der Waals surface area contributed by atoms with Gasteiger partial charge in [-0.25, -0.2) is 0 Å². The quantitative estimate of drug-likeness (QED) is 0.709. The van der Waals surface area contributed by atoms with E-state index >= 15 is 0 Å². The highest BCUT2D eigenvalue weighted by Gasteiger charge is 2.11. The molecule has 2 nitrogen and oxygen atoms in total. The maximum atomic E-state index is 12.1. The average molecular weight is 246 g/mol. The molecule has 1 rings (SSSR count). The molecule has 0 saturated carbocycles. The molecule has 1 aromatic carbocycles. The summed E-state index contributed by atoms with van der Waals surface area (Å²) in [6, 6.07) is 6.08. The second-order valence-corrected chi connectivity index (χ2v) is 5.21. The van der Waals surface area contributed by atoms with Gasteiger partial charge in [-0.2, -0.15) is 0 Å². The minimum absolute atomic E-state index is 0.149. The normalized spacial score (nSPS) is 10.7. The number of rotatable bonds is 6. The molecule has 0 aliphatic carbocycles. The molecule has 18 heavy (non-hydrogen) atoms. The summed E-state index contributed by atoms with van der Waals surface area (Å²) in [4.78, 5) is 23.0. The van der Waals surface area contributed by atoms with Gasteiger partial charge in [0.05, 0.1) is 0 Å². The number of aryl methyl sites for hydroxylation is 1. The number of carbonyl (C=O) groups excluding carboxylic acids is 2. The van der Waals surface area contributed by atoms with Crippen molar-refractivity contribution in [3.63, 3.8) is 0 Å². The Morgan fingerprint density at radius 1 is 1.17 bits per heavy atom. The van der Waals surface area contributed by atoms with Crippen LogP contribution in [-0.4, -0.2) is 11.6 Å². The van der Waals surface area contributed by atoms with E-state index in [1.54, 1.807) is 6.92 Å². The van der Waals surface area contributed by atoms with Crippen molar-refractivity contribution in [2.24, 2.45) is 0 Å². The van der Waals surface area contributed by atoms with E-state index in [0.29, 0.717) is 25.2 Å². The lowest BCUT2D eigenvalue weighted by Crippen LogP contribution is -2.04. The van der Waals surface area contributed by atoms with E-state index in [2.05, 4.69) is 19.9 Å². The Kier molecular flexibility index (Phi) is 5.26. The molecule has 0 amide bonds. The molecule has 98 valence electrons. The zero-order valence-corrected chi connectivity index (χ0v) is 11.7. The lowest BCUT2D eigenvalue weighted by Gasteiger charge is -2.10. The van der Waals surface area contributed by atoms with Crippen molar-refractivity contribution in [3.05, 3.63) is 34.9 Å². The van der Waals surface area contributed by atoms with Gasteiger partial charge in [0, 0.05) is 18.4 Å². The zero-order valence-electron chi connectivity index (χ0n) is 11.7. The maximum absolute atomic E-state index is 12.1. The Labute approximate surface area is 109 Å². The lowest BCUT2D eigenvalue weighted by molar-refractivity contribution is -0.117. The smallest absolute Gasteiger partial charge is 0.163 e. The third kappa shape index (κ3) is 4.10. The first-order valence-corrected chi connectivity index (χ1v) is 6.55. The second-order valence-electron chi connectivity index (χ2n) is 5.21. The number of carbonyl (C=O) groups is 2. The van der Waals surface area contributed by atoms with Crippen LogP contribution in [0.2, 0.25) is 0 Å². The SMILES string of the molecule is CC(=O)CCCC(=O)c1cc(C(C)C)ccc1C. The molecule has 0 aliphatic rings. The van der Waals surface area contributed by atoms with Crippen LogP contribution in [0.1, 0.15) is 67.4 Å². The third-order valence-corrected chi connectivity index (χ3v) is 3.16. The molecule has 0 atom stereocenters. The lowest BCUT2D eigenvalue weighted by atomic mass is 9.94. The van der Waals surface area contributed by atoms with Crippen LogP contribution < -0.4 is 0 Å². The summed E-state index contributed by atoms with van der Waals surface area (Å²) in [5.41, 5.74) is 3.02. The Balaban J connectivity index is 2.78. The van der Waals surface area contributed by atoms with Crippen LogP contribution in [0, 0.1) is 6.92 Å². The minimum Gasteiger partial charge on any atom is -0.300 e. The first-order chi connectivity index (χ1) is 8.41. The van der Waals surface area contributed by atoms with Crippen molar-refractivity contribution in [1.82, 2.24) is 0 Å². The highest BCUT2D eigenvalue weighted by atomic mass is 16.1. The van der Waals surface area contributed by atoms with E-state index in [1.165, 1.54) is 5.56 Å². The maximum Gasteiger partial charge on any atom is 0.163 e. The summed E-state index contributed by atoms with van der Waals surface area (Å²) in [5.74, 6) is 0.723. The molecular weight excluding hydrogens is 224 g/mol. The van der Waals surface area contributed by atoms with E-state index in [0.717, 1.165) is 11.1 Å². The van der Waals surface area contributed by atoms with Gasteiger partial charge in [-0.05, 0) is 43.4 Å². The number of hydrogen-bond donors (Lipinski definition) is 0. The van der Waals surface area contributed by atoms with Crippen molar-refractivity contribution >= 4 is 11.6 Å². The Hall–Kier alpha value is -1.44. The average Bonchev–Trinajstić information content (AvgIpc) is 2.28. The Bertz CT molecular complexity index is 444. The van der Waals surface area contributed by atoms with Gasteiger partial charge >= 0.3 is 0 Å². The summed E-state index contributed by atoms with van der Waals surface area (Å²) < 4.78 is 0. The van der Waals surface area contributed by atoms with Crippen LogP contribution in [0.15, 0.2) is 18.2 Å². The van der Waals surface area contributed by atoms with Crippen LogP contribution >= 0.6 is 0 Å². The molecule has 0 unspecified atom stereocenters. The first-order valence-electron chi connectivity index (χ1n) is 6.55. The van der Waals surface area contributed by atoms with Gasteiger partial charge in [-0.15, -0.1) is 0 Å². The summed E-state index contributed by atoms with van der Waals surface area (Å²) in [6.07, 6.45) is 1.61. The molecule has 0 radical (unpaired) electrons. The number of hydrogen-bond acceptors (Lipinski definition) is 2. The molecule has 0 bridgehead atoms. The number of Topliss-reactive ketones (excluding diaryl/α,β-unsaturated/α-hetero) is 2. The van der Waals surface area contributed by atoms with Crippen LogP contribution in [-0.2, 0) is 4.79 Å². The fourth-order valence-electron chi connectivity index (χ4n) is 1.93. The summed E-state index contributed by atoms with van der Waals surface area (Å²) in [6.45, 7) is 7.76. The van der Waals surface area contributed by atoms with Gasteiger partial charge in [-0.3, -0.25) is 4.79 Å². The monoisotopic (exact) mass is 246 g/mol. The summed E-state index contributed by atoms with van der Waals surface area (Å²) >= 11 is 0. The van der Waals surface area contributed by atoms with Crippen LogP contribution in [0.4, 0.5) is 0 Å². The summed E-state index contributed by atoms with van der Waals surface area (Å²) in [7, 11) is 0. The molecule has 0 aromatic heterocycles. The molecule has 1 aromatic rings. The zero-order chi connectivity index (χ0) is 13.7. The van der Waals surface area contributed by atoms with Gasteiger partial charge < -0.3 is 4.79 Å². The van der Waals surface area contributed by atoms with E-state index < -0.39 is 0 Å². The van der Waals surface area contributed by atoms with Crippen molar-refractivity contribution in [1.29, 1.82) is 0 Å². The van der Waals surface area contributed by atoms with Crippen molar-refractivity contribution in [2.75, 3.05) is 0 Å². The topological polar surface area (TPSA) is 34.1 Å². The highest BCUT2D eigenvalue weighted by Crippen LogP contribution is 2.20. The van der Waals surface area contributed by atoms with E-state index in [9.17, 15) is 9.59 Å². The first kappa shape index (κ1) is 14.6. The van der Waals surface area contributed by atoms with E-state index in [-0.39, 0.29) is 11.6 Å². The predicted molar refractivity (Wildman–Crippen MR) is 74.1 cm³/mol. The van der Waals surface area contributed by atoms with Gasteiger partial charge in [0.1, 0.15) is 5.78 Å². The Morgan fingerprint density at radius 2 is 1.83 bits per heavy atom. The van der Waals surface area contributed by atoms with Gasteiger partial charge in [0.25, 0.3) is 0 Å².